The first-order chi connectivity index (χ1) is 5.70. The number of ether oxygens (including phenoxy) is 1. The number of hydrogen-bond acceptors (Lipinski definition) is 4. The van der Waals surface area contributed by atoms with Gasteiger partial charge in [0.2, 0.25) is 5.91 Å². The topological polar surface area (TPSA) is 75.6 Å². The predicted octanol–water partition coefficient (Wildman–Crippen LogP) is -1.18. The van der Waals surface area contributed by atoms with Crippen LogP contribution in [0.25, 0.3) is 0 Å². The molecule has 0 spiro atoms. The zero-order valence-corrected chi connectivity index (χ0v) is 6.74. The Balaban J connectivity index is 3.67. The Kier molecular flexibility index (Phi) is 5.64. The number of hydrogen-bond donors (Lipinski definition) is 2. The molecule has 0 heterocycles. The predicted molar refractivity (Wildman–Crippen MR) is 41.3 cm³/mol. The zero-order chi connectivity index (χ0) is 9.40. The maximum absolute atomic E-state index is 10.7. The second-order valence-electron chi connectivity index (χ2n) is 1.87. The van der Waals surface area contributed by atoms with Gasteiger partial charge >= 0.3 is 5.97 Å². The molecule has 0 aliphatic carbocycles. The summed E-state index contributed by atoms with van der Waals surface area (Å²) in [5.74, 6) is -1.02. The van der Waals surface area contributed by atoms with Crippen LogP contribution in [0.3, 0.4) is 0 Å². The Hall–Kier alpha value is -1.36. The lowest BCUT2D eigenvalue weighted by Gasteiger charge is -1.96. The van der Waals surface area contributed by atoms with Crippen LogP contribution in [0.1, 0.15) is 0 Å². The molecule has 0 aliphatic rings. The van der Waals surface area contributed by atoms with Crippen LogP contribution in [0.5, 0.6) is 0 Å². The second-order valence-corrected chi connectivity index (χ2v) is 1.87. The average Bonchev–Trinajstić information content (AvgIpc) is 2.10. The molecule has 0 radical (unpaired) electrons. The first-order valence-corrected chi connectivity index (χ1v) is 3.35. The van der Waals surface area contributed by atoms with Crippen molar-refractivity contribution in [2.75, 3.05) is 20.3 Å². The van der Waals surface area contributed by atoms with Gasteiger partial charge < -0.3 is 15.2 Å². The number of carbonyl (C=O) groups excluding carboxylic acids is 2. The molecule has 0 bridgehead atoms. The van der Waals surface area contributed by atoms with E-state index in [2.05, 4.69) is 10.1 Å². The van der Waals surface area contributed by atoms with Gasteiger partial charge in [-0.25, -0.2) is 4.79 Å². The van der Waals surface area contributed by atoms with Gasteiger partial charge in [-0.2, -0.15) is 0 Å². The molecule has 0 aliphatic heterocycles. The minimum atomic E-state index is -0.589. The van der Waals surface area contributed by atoms with E-state index >= 15 is 0 Å². The number of methoxy groups -OCH3 is 1. The first-order valence-electron chi connectivity index (χ1n) is 3.35. The summed E-state index contributed by atoms with van der Waals surface area (Å²) in [5.41, 5.74) is 0. The molecule has 5 heteroatoms. The van der Waals surface area contributed by atoms with Gasteiger partial charge in [-0.05, 0) is 0 Å². The van der Waals surface area contributed by atoms with Crippen molar-refractivity contribution in [3.63, 3.8) is 0 Å². The maximum atomic E-state index is 10.7. The summed E-state index contributed by atoms with van der Waals surface area (Å²) in [4.78, 5) is 21.2. The Morgan fingerprint density at radius 1 is 1.50 bits per heavy atom. The van der Waals surface area contributed by atoms with Gasteiger partial charge in [0.1, 0.15) is 0 Å². The van der Waals surface area contributed by atoms with E-state index in [4.69, 9.17) is 5.11 Å². The number of amides is 1. The SMILES string of the molecule is COC(=O)/C=C\C(=O)NCCO. The third-order valence-electron chi connectivity index (χ3n) is 0.983. The Labute approximate surface area is 70.0 Å². The molecule has 1 amide bonds. The molecule has 0 aromatic heterocycles. The summed E-state index contributed by atoms with van der Waals surface area (Å²) < 4.78 is 4.25. The van der Waals surface area contributed by atoms with E-state index in [0.717, 1.165) is 12.2 Å². The molecule has 12 heavy (non-hydrogen) atoms. The fourth-order valence-electron chi connectivity index (χ4n) is 0.450. The van der Waals surface area contributed by atoms with E-state index < -0.39 is 11.9 Å². The van der Waals surface area contributed by atoms with Crippen molar-refractivity contribution < 1.29 is 19.4 Å². The van der Waals surface area contributed by atoms with E-state index in [0.29, 0.717) is 0 Å². The number of esters is 1. The minimum Gasteiger partial charge on any atom is -0.466 e. The van der Waals surface area contributed by atoms with Crippen molar-refractivity contribution in [1.29, 1.82) is 0 Å². The molecule has 0 aromatic carbocycles. The summed E-state index contributed by atoms with van der Waals surface area (Å²) in [6, 6.07) is 0. The lowest BCUT2D eigenvalue weighted by Crippen LogP contribution is -2.24. The van der Waals surface area contributed by atoms with Crippen LogP contribution >= 0.6 is 0 Å². The van der Waals surface area contributed by atoms with Crippen molar-refractivity contribution in [2.45, 2.75) is 0 Å². The third-order valence-corrected chi connectivity index (χ3v) is 0.983. The molecule has 2 N–H and O–H groups in total. The van der Waals surface area contributed by atoms with Crippen LogP contribution in [-0.4, -0.2) is 37.2 Å². The van der Waals surface area contributed by atoms with Gasteiger partial charge in [0, 0.05) is 18.7 Å². The number of rotatable bonds is 4. The summed E-state index contributed by atoms with van der Waals surface area (Å²) in [7, 11) is 1.22. The standard InChI is InChI=1S/C7H11NO4/c1-12-7(11)3-2-6(10)8-4-5-9/h2-3,9H,4-5H2,1H3,(H,8,10)/b3-2-. The average molecular weight is 173 g/mol. The molecule has 0 unspecified atom stereocenters. The van der Waals surface area contributed by atoms with Gasteiger partial charge in [0.25, 0.3) is 0 Å². The van der Waals surface area contributed by atoms with E-state index in [-0.39, 0.29) is 13.2 Å². The van der Waals surface area contributed by atoms with Crippen LogP contribution in [-0.2, 0) is 14.3 Å². The molecular formula is C7H11NO4. The highest BCUT2D eigenvalue weighted by Gasteiger charge is 1.95. The molecule has 0 rings (SSSR count). The number of nitrogens with one attached hydrogen (secondary N) is 1. The highest BCUT2D eigenvalue weighted by molar-refractivity contribution is 5.94. The molecule has 5 nitrogen and oxygen atoms in total. The van der Waals surface area contributed by atoms with E-state index in [1.165, 1.54) is 7.11 Å². The van der Waals surface area contributed by atoms with Gasteiger partial charge in [-0.15, -0.1) is 0 Å². The number of aliphatic hydroxyl groups excluding tert-OH is 1. The van der Waals surface area contributed by atoms with Crippen molar-refractivity contribution in [3.8, 4) is 0 Å². The minimum absolute atomic E-state index is 0.127. The van der Waals surface area contributed by atoms with Gasteiger partial charge in [-0.1, -0.05) is 0 Å². The second kappa shape index (κ2) is 6.36. The van der Waals surface area contributed by atoms with Gasteiger partial charge in [-0.3, -0.25) is 4.79 Å². The molecule has 0 atom stereocenters. The van der Waals surface area contributed by atoms with Crippen LogP contribution in [0.15, 0.2) is 12.2 Å². The first kappa shape index (κ1) is 10.6. The van der Waals surface area contributed by atoms with Crippen LogP contribution in [0.2, 0.25) is 0 Å². The van der Waals surface area contributed by atoms with Crippen LogP contribution in [0.4, 0.5) is 0 Å². The summed E-state index contributed by atoms with van der Waals surface area (Å²) >= 11 is 0. The Bertz CT molecular complexity index is 188. The number of aliphatic hydroxyl groups is 1. The zero-order valence-electron chi connectivity index (χ0n) is 6.74. The molecule has 68 valence electrons. The summed E-state index contributed by atoms with van der Waals surface area (Å²) in [6.45, 7) is 0.0438. The lowest BCUT2D eigenvalue weighted by atomic mass is 10.4. The highest BCUT2D eigenvalue weighted by Crippen LogP contribution is 1.77. The van der Waals surface area contributed by atoms with E-state index in [9.17, 15) is 9.59 Å². The van der Waals surface area contributed by atoms with Gasteiger partial charge in [0.05, 0.1) is 13.7 Å². The summed E-state index contributed by atoms with van der Waals surface area (Å²) in [6.07, 6.45) is 2.05. The van der Waals surface area contributed by atoms with Crippen LogP contribution < -0.4 is 5.32 Å². The van der Waals surface area contributed by atoms with E-state index in [1.807, 2.05) is 0 Å². The summed E-state index contributed by atoms with van der Waals surface area (Å²) in [5, 5.41) is 10.6. The molecular weight excluding hydrogens is 162 g/mol. The van der Waals surface area contributed by atoms with Crippen molar-refractivity contribution in [1.82, 2.24) is 5.32 Å². The highest BCUT2D eigenvalue weighted by atomic mass is 16.5. The number of carbonyl (C=O) groups is 2. The third kappa shape index (κ3) is 5.43. The van der Waals surface area contributed by atoms with Gasteiger partial charge in [0.15, 0.2) is 0 Å². The van der Waals surface area contributed by atoms with Crippen molar-refractivity contribution in [2.24, 2.45) is 0 Å². The Morgan fingerprint density at radius 2 is 2.17 bits per heavy atom. The molecule has 0 aromatic rings. The molecule has 0 saturated heterocycles. The monoisotopic (exact) mass is 173 g/mol. The fraction of sp³-hybridized carbons (Fsp3) is 0.429. The Morgan fingerprint density at radius 3 is 2.67 bits per heavy atom. The van der Waals surface area contributed by atoms with Crippen LogP contribution in [0, 0.1) is 0 Å². The lowest BCUT2D eigenvalue weighted by molar-refractivity contribution is -0.135. The normalized spacial score (nSPS) is 9.83. The quantitative estimate of drug-likeness (QED) is 0.414. The fourth-order valence-corrected chi connectivity index (χ4v) is 0.450. The molecule has 0 saturated carbocycles. The maximum Gasteiger partial charge on any atom is 0.330 e. The molecule has 0 fully saturated rings. The largest absolute Gasteiger partial charge is 0.466 e. The van der Waals surface area contributed by atoms with E-state index in [1.54, 1.807) is 0 Å². The van der Waals surface area contributed by atoms with Crippen molar-refractivity contribution in [3.05, 3.63) is 12.2 Å². The smallest absolute Gasteiger partial charge is 0.330 e. The van der Waals surface area contributed by atoms with Crippen molar-refractivity contribution >= 4 is 11.9 Å².